The Hall–Kier alpha value is -0.460. The minimum Gasteiger partial charge on any atom is -0.458 e. The zero-order valence-corrected chi connectivity index (χ0v) is 15.6. The van der Waals surface area contributed by atoms with Gasteiger partial charge in [0, 0.05) is 24.9 Å². The van der Waals surface area contributed by atoms with Gasteiger partial charge in [0.2, 0.25) is 0 Å². The lowest BCUT2D eigenvalue weighted by molar-refractivity contribution is 0.565. The fraction of sp³-hybridized carbons (Fsp3) is 0.533. The van der Waals surface area contributed by atoms with Crippen LogP contribution in [0, 0.1) is 4.51 Å². The van der Waals surface area contributed by atoms with Gasteiger partial charge in [0.25, 0.3) is 0 Å². The molecule has 0 spiro atoms. The summed E-state index contributed by atoms with van der Waals surface area (Å²) in [5.74, 6) is 3.14. The van der Waals surface area contributed by atoms with Crippen LogP contribution in [-0.4, -0.2) is 24.6 Å². The molecule has 0 amide bonds. The Morgan fingerprint density at radius 1 is 1.29 bits per heavy atom. The molecule has 0 aliphatic rings. The van der Waals surface area contributed by atoms with Crippen LogP contribution in [0.4, 0.5) is 5.88 Å². The number of rotatable bonds is 8. The largest absolute Gasteiger partial charge is 0.458 e. The van der Waals surface area contributed by atoms with E-state index in [0.29, 0.717) is 15.7 Å². The van der Waals surface area contributed by atoms with Crippen molar-refractivity contribution < 1.29 is 8.83 Å². The van der Waals surface area contributed by atoms with Crippen molar-refractivity contribution in [2.45, 2.75) is 26.7 Å². The molecule has 0 unspecified atom stereocenters. The summed E-state index contributed by atoms with van der Waals surface area (Å²) in [6.45, 7) is 6.21. The Morgan fingerprint density at radius 2 is 2.10 bits per heavy atom. The summed E-state index contributed by atoms with van der Waals surface area (Å²) in [5, 5.41) is 0. The average Bonchev–Trinajstić information content (AvgIpc) is 2.85. The molecule has 21 heavy (non-hydrogen) atoms. The average molecular weight is 390 g/mol. The van der Waals surface area contributed by atoms with E-state index in [1.165, 1.54) is 18.6 Å². The van der Waals surface area contributed by atoms with E-state index in [0.717, 1.165) is 29.2 Å². The molecule has 3 nitrogen and oxygen atoms in total. The van der Waals surface area contributed by atoms with Gasteiger partial charge in [-0.15, -0.1) is 0 Å². The molecule has 6 heteroatoms. The molecule has 0 saturated heterocycles. The summed E-state index contributed by atoms with van der Waals surface area (Å²) >= 11 is 10.8. The van der Waals surface area contributed by atoms with Gasteiger partial charge in [0.05, 0.1) is 8.98 Å². The van der Waals surface area contributed by atoms with Gasteiger partial charge in [-0.2, -0.15) is 11.8 Å². The molecule has 2 aromatic rings. The van der Waals surface area contributed by atoms with Crippen molar-refractivity contribution in [1.82, 2.24) is 0 Å². The van der Waals surface area contributed by atoms with Crippen molar-refractivity contribution in [3.63, 3.8) is 0 Å². The van der Waals surface area contributed by atoms with Gasteiger partial charge in [-0.1, -0.05) is 25.6 Å². The highest BCUT2D eigenvalue weighted by molar-refractivity contribution is 9.10. The van der Waals surface area contributed by atoms with Crippen LogP contribution in [0.3, 0.4) is 0 Å². The molecule has 116 valence electrons. The van der Waals surface area contributed by atoms with E-state index in [2.05, 4.69) is 34.7 Å². The SMILES string of the molecule is CCCCSCCN(CC)c1cc(=S)c2occ(Br)c2o1. The van der Waals surface area contributed by atoms with Crippen molar-refractivity contribution in [1.29, 1.82) is 0 Å². The second-order valence-corrected chi connectivity index (χ2v) is 7.26. The Morgan fingerprint density at radius 3 is 2.81 bits per heavy atom. The van der Waals surface area contributed by atoms with E-state index >= 15 is 0 Å². The number of hydrogen-bond donors (Lipinski definition) is 0. The molecule has 2 aromatic heterocycles. The van der Waals surface area contributed by atoms with Crippen LogP contribution in [0.15, 0.2) is 25.6 Å². The molecule has 0 bridgehead atoms. The first-order chi connectivity index (χ1) is 10.2. The molecule has 0 atom stereocenters. The van der Waals surface area contributed by atoms with Gasteiger partial charge in [-0.3, -0.25) is 0 Å². The van der Waals surface area contributed by atoms with Crippen LogP contribution in [0.1, 0.15) is 26.7 Å². The van der Waals surface area contributed by atoms with Crippen molar-refractivity contribution >= 4 is 57.0 Å². The smallest absolute Gasteiger partial charge is 0.197 e. The highest BCUT2D eigenvalue weighted by Gasteiger charge is 2.13. The number of nitrogens with zero attached hydrogens (tertiary/aromatic N) is 1. The van der Waals surface area contributed by atoms with Gasteiger partial charge in [-0.05, 0) is 35.0 Å². The summed E-state index contributed by atoms with van der Waals surface area (Å²) in [6.07, 6.45) is 4.15. The van der Waals surface area contributed by atoms with Crippen molar-refractivity contribution in [3.8, 4) is 0 Å². The third-order valence-corrected chi connectivity index (χ3v) is 5.13. The van der Waals surface area contributed by atoms with Crippen LogP contribution in [0.2, 0.25) is 0 Å². The number of unbranched alkanes of at least 4 members (excludes halogenated alkanes) is 1. The molecule has 0 N–H and O–H groups in total. The first-order valence-corrected chi connectivity index (χ1v) is 9.56. The number of thioether (sulfide) groups is 1. The lowest BCUT2D eigenvalue weighted by Crippen LogP contribution is -2.25. The number of hydrogen-bond acceptors (Lipinski definition) is 5. The van der Waals surface area contributed by atoms with Crippen molar-refractivity contribution in [2.75, 3.05) is 29.5 Å². The molecule has 0 aliphatic carbocycles. The zero-order valence-electron chi connectivity index (χ0n) is 12.4. The van der Waals surface area contributed by atoms with Gasteiger partial charge >= 0.3 is 0 Å². The Labute approximate surface area is 143 Å². The van der Waals surface area contributed by atoms with Crippen molar-refractivity contribution in [2.24, 2.45) is 0 Å². The lowest BCUT2D eigenvalue weighted by atomic mass is 10.4. The third-order valence-electron chi connectivity index (χ3n) is 3.23. The molecule has 0 saturated carbocycles. The fourth-order valence-electron chi connectivity index (χ4n) is 2.01. The van der Waals surface area contributed by atoms with Gasteiger partial charge < -0.3 is 13.7 Å². The summed E-state index contributed by atoms with van der Waals surface area (Å²) in [4.78, 5) is 2.22. The van der Waals surface area contributed by atoms with E-state index in [-0.39, 0.29) is 0 Å². The summed E-state index contributed by atoms with van der Waals surface area (Å²) in [7, 11) is 0. The quantitative estimate of drug-likeness (QED) is 0.415. The summed E-state index contributed by atoms with van der Waals surface area (Å²) < 4.78 is 12.9. The second-order valence-electron chi connectivity index (χ2n) is 4.74. The predicted molar refractivity (Wildman–Crippen MR) is 97.1 cm³/mol. The van der Waals surface area contributed by atoms with E-state index in [4.69, 9.17) is 21.1 Å². The minimum absolute atomic E-state index is 0.633. The van der Waals surface area contributed by atoms with Crippen LogP contribution in [-0.2, 0) is 0 Å². The van der Waals surface area contributed by atoms with Crippen LogP contribution >= 0.6 is 39.9 Å². The normalized spacial score (nSPS) is 11.2. The topological polar surface area (TPSA) is 29.5 Å². The lowest BCUT2D eigenvalue weighted by Gasteiger charge is -2.21. The Balaban J connectivity index is 2.10. The fourth-order valence-corrected chi connectivity index (χ4v) is 3.65. The highest BCUT2D eigenvalue weighted by Crippen LogP contribution is 2.31. The second kappa shape index (κ2) is 8.25. The Bertz CT molecular complexity index is 638. The summed E-state index contributed by atoms with van der Waals surface area (Å²) in [6, 6.07) is 1.88. The van der Waals surface area contributed by atoms with E-state index in [9.17, 15) is 0 Å². The number of furan rings is 1. The van der Waals surface area contributed by atoms with E-state index in [1.807, 2.05) is 17.8 Å². The zero-order chi connectivity index (χ0) is 15.2. The molecule has 0 fully saturated rings. The molecule has 2 heterocycles. The molecular weight excluding hydrogens is 370 g/mol. The molecule has 2 rings (SSSR count). The molecule has 0 aromatic carbocycles. The van der Waals surface area contributed by atoms with Crippen LogP contribution < -0.4 is 4.90 Å². The van der Waals surface area contributed by atoms with E-state index in [1.54, 1.807) is 6.26 Å². The molecule has 0 aliphatic heterocycles. The van der Waals surface area contributed by atoms with Gasteiger partial charge in [0.1, 0.15) is 6.26 Å². The standard InChI is InChI=1S/C15H20BrNO2S2/c1-3-5-7-21-8-6-17(4-2)13-9-12(20)15-14(19-13)11(16)10-18-15/h9-10H,3-8H2,1-2H3. The monoisotopic (exact) mass is 389 g/mol. The minimum atomic E-state index is 0.633. The maximum absolute atomic E-state index is 5.95. The summed E-state index contributed by atoms with van der Waals surface area (Å²) in [5.41, 5.74) is 1.32. The van der Waals surface area contributed by atoms with Crippen molar-refractivity contribution in [3.05, 3.63) is 21.3 Å². The maximum atomic E-state index is 5.95. The van der Waals surface area contributed by atoms with Gasteiger partial charge in [0.15, 0.2) is 17.1 Å². The van der Waals surface area contributed by atoms with E-state index < -0.39 is 0 Å². The van der Waals surface area contributed by atoms with Gasteiger partial charge in [-0.25, -0.2) is 0 Å². The van der Waals surface area contributed by atoms with Crippen LogP contribution in [0.5, 0.6) is 0 Å². The number of halogens is 1. The van der Waals surface area contributed by atoms with Crippen LogP contribution in [0.25, 0.3) is 11.2 Å². The molecular formula is C15H20BrNO2S2. The Kier molecular flexibility index (Phi) is 6.64. The predicted octanol–water partition coefficient (Wildman–Crippen LogP) is 5.88. The maximum Gasteiger partial charge on any atom is 0.197 e. The number of fused-ring (bicyclic) bond motifs is 1. The first kappa shape index (κ1) is 16.9. The first-order valence-electron chi connectivity index (χ1n) is 7.20. The third kappa shape index (κ3) is 4.27. The molecule has 0 radical (unpaired) electrons. The number of anilines is 1. The highest BCUT2D eigenvalue weighted by atomic mass is 79.9.